The first-order valence-electron chi connectivity index (χ1n) is 7.05. The third kappa shape index (κ3) is 8.61. The predicted octanol–water partition coefficient (Wildman–Crippen LogP) is 6.06. The minimum absolute atomic E-state index is 0. The van der Waals surface area contributed by atoms with E-state index in [4.69, 9.17) is 0 Å². The molecular formula is C16H35P. The van der Waals surface area contributed by atoms with Crippen molar-refractivity contribution in [2.75, 3.05) is 0 Å². The van der Waals surface area contributed by atoms with Gasteiger partial charge in [0, 0.05) is 0 Å². The Kier molecular flexibility index (Phi) is 18.2. The lowest BCUT2D eigenvalue weighted by atomic mass is 9.98. The van der Waals surface area contributed by atoms with E-state index in [1.54, 1.807) is 11.1 Å². The van der Waals surface area contributed by atoms with Gasteiger partial charge >= 0.3 is 0 Å². The van der Waals surface area contributed by atoms with Crippen LogP contribution in [0.15, 0.2) is 23.3 Å². The highest BCUT2D eigenvalue weighted by Crippen LogP contribution is 2.29. The maximum absolute atomic E-state index is 2.40. The molecule has 0 aromatic rings. The second-order valence-electron chi connectivity index (χ2n) is 4.09. The Morgan fingerprint density at radius 1 is 1.06 bits per heavy atom. The minimum atomic E-state index is 0. The van der Waals surface area contributed by atoms with E-state index in [2.05, 4.69) is 39.8 Å². The fraction of sp³-hybridized carbons (Fsp3) is 0.750. The smallest absolute Gasteiger partial charge is 0.0127 e. The average Bonchev–Trinajstić information content (AvgIpc) is 2.83. The van der Waals surface area contributed by atoms with Crippen molar-refractivity contribution in [3.05, 3.63) is 23.3 Å². The fourth-order valence-corrected chi connectivity index (χ4v) is 1.55. The largest absolute Gasteiger partial charge is 0.153 e. The molecule has 0 aromatic heterocycles. The molecule has 0 radical (unpaired) electrons. The van der Waals surface area contributed by atoms with E-state index >= 15 is 0 Å². The molecule has 0 saturated carbocycles. The van der Waals surface area contributed by atoms with Crippen LogP contribution in [0.4, 0.5) is 0 Å². The number of rotatable bonds is 3. The third-order valence-electron chi connectivity index (χ3n) is 2.85. The number of hydrogen-bond donors (Lipinski definition) is 0. The summed E-state index contributed by atoms with van der Waals surface area (Å²) in [5.74, 6) is 1.48. The Hall–Kier alpha value is -0.0900. The summed E-state index contributed by atoms with van der Waals surface area (Å²) in [5.41, 5.74) is 3.16. The molecule has 1 rings (SSSR count). The van der Waals surface area contributed by atoms with Gasteiger partial charge in [-0.25, -0.2) is 0 Å². The molecule has 1 aliphatic rings. The summed E-state index contributed by atoms with van der Waals surface area (Å²) >= 11 is 0. The minimum Gasteiger partial charge on any atom is -0.153 e. The molecule has 0 amide bonds. The Labute approximate surface area is 114 Å². The molecule has 0 N–H and O–H groups in total. The maximum atomic E-state index is 2.40. The molecule has 17 heavy (non-hydrogen) atoms. The van der Waals surface area contributed by atoms with Crippen LogP contribution < -0.4 is 0 Å². The molecule has 1 aliphatic carbocycles. The molecule has 2 atom stereocenters. The molecule has 0 bridgehead atoms. The van der Waals surface area contributed by atoms with Crippen LogP contribution in [0.1, 0.15) is 68.2 Å². The quantitative estimate of drug-likeness (QED) is 0.540. The van der Waals surface area contributed by atoms with Crippen molar-refractivity contribution >= 4 is 9.90 Å². The molecule has 0 aliphatic heterocycles. The van der Waals surface area contributed by atoms with Crippen LogP contribution in [0.3, 0.4) is 0 Å². The Balaban J connectivity index is -0.000000355. The van der Waals surface area contributed by atoms with Crippen molar-refractivity contribution in [3.8, 4) is 0 Å². The first-order valence-corrected chi connectivity index (χ1v) is 7.05. The first-order chi connectivity index (χ1) is 7.65. The van der Waals surface area contributed by atoms with Crippen molar-refractivity contribution in [1.82, 2.24) is 0 Å². The van der Waals surface area contributed by atoms with Gasteiger partial charge in [-0.3, -0.25) is 0 Å². The van der Waals surface area contributed by atoms with Gasteiger partial charge in [-0.05, 0) is 30.3 Å². The summed E-state index contributed by atoms with van der Waals surface area (Å²) in [4.78, 5) is 0. The lowest BCUT2D eigenvalue weighted by molar-refractivity contribution is 0.670. The van der Waals surface area contributed by atoms with Gasteiger partial charge < -0.3 is 0 Å². The SMILES string of the molecule is CC.CC.CCC(C)C1=CCC(C(C)C)=C1.P. The lowest BCUT2D eigenvalue weighted by Gasteiger charge is -2.07. The molecule has 1 heteroatoms. The molecule has 0 spiro atoms. The average molecular weight is 258 g/mol. The summed E-state index contributed by atoms with van der Waals surface area (Å²) in [6.07, 6.45) is 7.24. The summed E-state index contributed by atoms with van der Waals surface area (Å²) in [7, 11) is 0. The van der Waals surface area contributed by atoms with Crippen LogP contribution in [-0.4, -0.2) is 0 Å². The summed E-state index contributed by atoms with van der Waals surface area (Å²) in [6, 6.07) is 0. The van der Waals surface area contributed by atoms with Crippen molar-refractivity contribution in [2.45, 2.75) is 68.2 Å². The Morgan fingerprint density at radius 3 is 1.82 bits per heavy atom. The lowest BCUT2D eigenvalue weighted by Crippen LogP contribution is -1.93. The summed E-state index contributed by atoms with van der Waals surface area (Å²) < 4.78 is 0. The Bertz CT molecular complexity index is 212. The molecule has 0 heterocycles. The fourth-order valence-electron chi connectivity index (χ4n) is 1.55. The van der Waals surface area contributed by atoms with Crippen molar-refractivity contribution in [1.29, 1.82) is 0 Å². The van der Waals surface area contributed by atoms with Gasteiger partial charge in [-0.15, -0.1) is 0 Å². The zero-order valence-electron chi connectivity index (χ0n) is 13.4. The van der Waals surface area contributed by atoms with Gasteiger partial charge in [-0.2, -0.15) is 9.90 Å². The van der Waals surface area contributed by atoms with Crippen LogP contribution in [0.2, 0.25) is 0 Å². The van der Waals surface area contributed by atoms with E-state index in [-0.39, 0.29) is 9.90 Å². The number of allylic oxidation sites excluding steroid dienone is 4. The van der Waals surface area contributed by atoms with Crippen LogP contribution >= 0.6 is 9.90 Å². The highest BCUT2D eigenvalue weighted by atomic mass is 31.0. The Morgan fingerprint density at radius 2 is 1.53 bits per heavy atom. The van der Waals surface area contributed by atoms with E-state index < -0.39 is 0 Å². The number of hydrogen-bond acceptors (Lipinski definition) is 0. The van der Waals surface area contributed by atoms with Gasteiger partial charge in [0.2, 0.25) is 0 Å². The molecule has 0 nitrogen and oxygen atoms in total. The van der Waals surface area contributed by atoms with Crippen molar-refractivity contribution < 1.29 is 0 Å². The van der Waals surface area contributed by atoms with Crippen molar-refractivity contribution in [2.24, 2.45) is 11.8 Å². The predicted molar refractivity (Wildman–Crippen MR) is 88.9 cm³/mol. The van der Waals surface area contributed by atoms with Crippen LogP contribution in [0.25, 0.3) is 0 Å². The normalized spacial score (nSPS) is 14.4. The van der Waals surface area contributed by atoms with E-state index in [9.17, 15) is 0 Å². The second-order valence-corrected chi connectivity index (χ2v) is 4.09. The van der Waals surface area contributed by atoms with E-state index in [0.29, 0.717) is 0 Å². The van der Waals surface area contributed by atoms with Gasteiger partial charge in [0.05, 0.1) is 0 Å². The van der Waals surface area contributed by atoms with Crippen LogP contribution in [0, 0.1) is 11.8 Å². The zero-order valence-corrected chi connectivity index (χ0v) is 14.8. The van der Waals surface area contributed by atoms with Gasteiger partial charge in [-0.1, -0.05) is 73.1 Å². The highest BCUT2D eigenvalue weighted by Gasteiger charge is 2.12. The monoisotopic (exact) mass is 258 g/mol. The van der Waals surface area contributed by atoms with Gasteiger partial charge in [0.15, 0.2) is 0 Å². The molecular weight excluding hydrogens is 223 g/mol. The van der Waals surface area contributed by atoms with Gasteiger partial charge in [0.1, 0.15) is 0 Å². The maximum Gasteiger partial charge on any atom is -0.0127 e. The zero-order chi connectivity index (χ0) is 13.1. The van der Waals surface area contributed by atoms with Crippen LogP contribution in [0.5, 0.6) is 0 Å². The molecule has 0 fully saturated rings. The third-order valence-corrected chi connectivity index (χ3v) is 2.85. The molecule has 104 valence electrons. The van der Waals surface area contributed by atoms with Crippen LogP contribution in [-0.2, 0) is 0 Å². The van der Waals surface area contributed by atoms with Gasteiger partial charge in [0.25, 0.3) is 0 Å². The van der Waals surface area contributed by atoms with E-state index in [1.807, 2.05) is 27.7 Å². The topological polar surface area (TPSA) is 0 Å². The second kappa shape index (κ2) is 14.0. The van der Waals surface area contributed by atoms with E-state index in [1.165, 1.54) is 12.8 Å². The molecule has 0 saturated heterocycles. The molecule has 2 unspecified atom stereocenters. The van der Waals surface area contributed by atoms with Crippen molar-refractivity contribution in [3.63, 3.8) is 0 Å². The molecule has 0 aromatic carbocycles. The summed E-state index contributed by atoms with van der Waals surface area (Å²) in [6.45, 7) is 17.1. The van der Waals surface area contributed by atoms with E-state index in [0.717, 1.165) is 11.8 Å². The highest BCUT2D eigenvalue weighted by molar-refractivity contribution is 6.92. The standard InChI is InChI=1S/C12H20.2C2H6.H3P/c1-5-10(4)12-7-6-11(8-12)9(2)3;2*1-2;/h7-10H,5-6H2,1-4H3;2*1-2H3;1H3. The summed E-state index contributed by atoms with van der Waals surface area (Å²) in [5, 5.41) is 0. The first kappa shape index (κ1) is 22.1.